The molecule has 104 valence electrons. The first-order valence-corrected chi connectivity index (χ1v) is 7.28. The van der Waals surface area contributed by atoms with Gasteiger partial charge in [-0.05, 0) is 25.0 Å². The van der Waals surface area contributed by atoms with Crippen molar-refractivity contribution in [2.75, 3.05) is 5.73 Å². The molecule has 1 heterocycles. The van der Waals surface area contributed by atoms with Crippen molar-refractivity contribution >= 4 is 17.6 Å². The van der Waals surface area contributed by atoms with Crippen LogP contribution < -0.4 is 5.73 Å². The molecule has 1 aromatic heterocycles. The molecule has 1 aromatic carbocycles. The molecule has 0 aliphatic carbocycles. The van der Waals surface area contributed by atoms with Crippen molar-refractivity contribution < 1.29 is 0 Å². The van der Waals surface area contributed by atoms with Gasteiger partial charge in [-0.25, -0.2) is 4.98 Å². The molecule has 2 rings (SSSR count). The summed E-state index contributed by atoms with van der Waals surface area (Å²) < 4.78 is 0. The zero-order valence-electron chi connectivity index (χ0n) is 11.8. The molecule has 0 aliphatic rings. The summed E-state index contributed by atoms with van der Waals surface area (Å²) in [5.41, 5.74) is 8.26. The molecule has 1 unspecified atom stereocenters. The van der Waals surface area contributed by atoms with Crippen molar-refractivity contribution in [2.24, 2.45) is 0 Å². The van der Waals surface area contributed by atoms with E-state index in [1.807, 2.05) is 43.3 Å². The van der Waals surface area contributed by atoms with Crippen LogP contribution in [-0.4, -0.2) is 4.98 Å². The third-order valence-electron chi connectivity index (χ3n) is 3.22. The molecule has 4 nitrogen and oxygen atoms in total. The highest BCUT2D eigenvalue weighted by molar-refractivity contribution is 7.99. The first-order valence-electron chi connectivity index (χ1n) is 6.40. The summed E-state index contributed by atoms with van der Waals surface area (Å²) in [6.45, 7) is 3.78. The number of aromatic nitrogens is 1. The highest BCUT2D eigenvalue weighted by Gasteiger charge is 2.18. The molecule has 2 aromatic rings. The Bertz CT molecular complexity index is 742. The second-order valence-electron chi connectivity index (χ2n) is 4.57. The Labute approximate surface area is 128 Å². The van der Waals surface area contributed by atoms with Crippen LogP contribution in [0.3, 0.4) is 0 Å². The Morgan fingerprint density at radius 2 is 1.76 bits per heavy atom. The number of hydrogen-bond donors (Lipinski definition) is 1. The van der Waals surface area contributed by atoms with Crippen LogP contribution in [-0.2, 0) is 0 Å². The van der Waals surface area contributed by atoms with E-state index in [0.29, 0.717) is 16.2 Å². The van der Waals surface area contributed by atoms with Crippen molar-refractivity contribution in [3.8, 4) is 12.1 Å². The second-order valence-corrected chi connectivity index (χ2v) is 5.90. The van der Waals surface area contributed by atoms with Crippen LogP contribution in [0.15, 0.2) is 35.4 Å². The molecule has 0 saturated carbocycles. The SMILES string of the molecule is Cc1c(C#N)c(N)nc(SC(C)c2ccccc2)c1C#N. The molecule has 0 bridgehead atoms. The smallest absolute Gasteiger partial charge is 0.143 e. The van der Waals surface area contributed by atoms with Crippen LogP contribution in [0.4, 0.5) is 5.82 Å². The summed E-state index contributed by atoms with van der Waals surface area (Å²) in [5.74, 6) is 0.178. The summed E-state index contributed by atoms with van der Waals surface area (Å²) >= 11 is 1.47. The van der Waals surface area contributed by atoms with Crippen molar-refractivity contribution in [3.63, 3.8) is 0 Å². The molecule has 1 atom stereocenters. The Hall–Kier alpha value is -2.50. The Morgan fingerprint density at radius 1 is 1.14 bits per heavy atom. The van der Waals surface area contributed by atoms with Gasteiger partial charge in [-0.1, -0.05) is 42.1 Å². The molecular formula is C16H14N4S. The lowest BCUT2D eigenvalue weighted by molar-refractivity contribution is 1.04. The van der Waals surface area contributed by atoms with E-state index in [1.165, 1.54) is 11.8 Å². The Morgan fingerprint density at radius 3 is 2.33 bits per heavy atom. The number of anilines is 1. The number of nitrogen functional groups attached to an aromatic ring is 1. The quantitative estimate of drug-likeness (QED) is 0.874. The van der Waals surface area contributed by atoms with Gasteiger partial charge in [-0.2, -0.15) is 10.5 Å². The molecule has 0 radical (unpaired) electrons. The first-order chi connectivity index (χ1) is 10.1. The largest absolute Gasteiger partial charge is 0.383 e. The van der Waals surface area contributed by atoms with Gasteiger partial charge >= 0.3 is 0 Å². The fraction of sp³-hybridized carbons (Fsp3) is 0.188. The fourth-order valence-electron chi connectivity index (χ4n) is 2.02. The minimum Gasteiger partial charge on any atom is -0.383 e. The van der Waals surface area contributed by atoms with E-state index in [2.05, 4.69) is 11.1 Å². The summed E-state index contributed by atoms with van der Waals surface area (Å²) in [4.78, 5) is 4.24. The topological polar surface area (TPSA) is 86.5 Å². The lowest BCUT2D eigenvalue weighted by Crippen LogP contribution is -2.03. The van der Waals surface area contributed by atoms with E-state index in [9.17, 15) is 5.26 Å². The fourth-order valence-corrected chi connectivity index (χ4v) is 3.11. The van der Waals surface area contributed by atoms with Gasteiger partial charge in [-0.3, -0.25) is 0 Å². The van der Waals surface area contributed by atoms with Crippen molar-refractivity contribution in [1.29, 1.82) is 10.5 Å². The summed E-state index contributed by atoms with van der Waals surface area (Å²) in [7, 11) is 0. The summed E-state index contributed by atoms with van der Waals surface area (Å²) in [6, 6.07) is 14.1. The lowest BCUT2D eigenvalue weighted by Gasteiger charge is -2.14. The molecule has 0 spiro atoms. The average Bonchev–Trinajstić information content (AvgIpc) is 2.48. The summed E-state index contributed by atoms with van der Waals surface area (Å²) in [6.07, 6.45) is 0. The van der Waals surface area contributed by atoms with Gasteiger partial charge in [0.25, 0.3) is 0 Å². The van der Waals surface area contributed by atoms with E-state index in [1.54, 1.807) is 6.92 Å². The van der Waals surface area contributed by atoms with E-state index in [4.69, 9.17) is 11.0 Å². The maximum Gasteiger partial charge on any atom is 0.143 e. The number of nitriles is 2. The Balaban J connectivity index is 2.42. The van der Waals surface area contributed by atoms with Gasteiger partial charge in [0.15, 0.2) is 0 Å². The standard InChI is InChI=1S/C16H14N4S/c1-10-13(8-17)15(19)20-16(14(10)9-18)21-11(2)12-6-4-3-5-7-12/h3-7,11H,1-2H3,(H2,19,20). The minimum absolute atomic E-state index is 0.137. The van der Waals surface area contributed by atoms with E-state index in [0.717, 1.165) is 5.56 Å². The Kier molecular flexibility index (Phi) is 4.47. The van der Waals surface area contributed by atoms with Crippen LogP contribution in [0, 0.1) is 29.6 Å². The summed E-state index contributed by atoms with van der Waals surface area (Å²) in [5, 5.41) is 19.1. The van der Waals surface area contributed by atoms with E-state index < -0.39 is 0 Å². The van der Waals surface area contributed by atoms with Crippen LogP contribution in [0.25, 0.3) is 0 Å². The van der Waals surface area contributed by atoms with E-state index >= 15 is 0 Å². The zero-order valence-corrected chi connectivity index (χ0v) is 12.6. The van der Waals surface area contributed by atoms with E-state index in [-0.39, 0.29) is 16.6 Å². The zero-order chi connectivity index (χ0) is 15.4. The molecule has 2 N–H and O–H groups in total. The number of nitrogens with zero attached hydrogens (tertiary/aromatic N) is 3. The molecule has 5 heteroatoms. The van der Waals surface area contributed by atoms with Gasteiger partial charge in [0.05, 0.1) is 11.1 Å². The second kappa shape index (κ2) is 6.30. The number of rotatable bonds is 3. The molecule has 0 aliphatic heterocycles. The van der Waals surface area contributed by atoms with Crippen molar-refractivity contribution in [3.05, 3.63) is 52.6 Å². The lowest BCUT2D eigenvalue weighted by atomic mass is 10.1. The van der Waals surface area contributed by atoms with Crippen LogP contribution in [0.2, 0.25) is 0 Å². The van der Waals surface area contributed by atoms with Gasteiger partial charge in [0.1, 0.15) is 23.0 Å². The molecule has 21 heavy (non-hydrogen) atoms. The first kappa shape index (κ1) is 14.9. The number of hydrogen-bond acceptors (Lipinski definition) is 5. The van der Waals surface area contributed by atoms with Gasteiger partial charge in [0.2, 0.25) is 0 Å². The van der Waals surface area contributed by atoms with Crippen LogP contribution >= 0.6 is 11.8 Å². The number of pyridine rings is 1. The molecule has 0 fully saturated rings. The minimum atomic E-state index is 0.137. The maximum absolute atomic E-state index is 9.34. The monoisotopic (exact) mass is 294 g/mol. The van der Waals surface area contributed by atoms with Crippen molar-refractivity contribution in [1.82, 2.24) is 4.98 Å². The van der Waals surface area contributed by atoms with Gasteiger partial charge in [0, 0.05) is 5.25 Å². The van der Waals surface area contributed by atoms with Gasteiger partial charge in [-0.15, -0.1) is 0 Å². The predicted octanol–water partition coefficient (Wildman–Crippen LogP) is 3.57. The highest BCUT2D eigenvalue weighted by atomic mass is 32.2. The van der Waals surface area contributed by atoms with Crippen molar-refractivity contribution in [2.45, 2.75) is 24.1 Å². The van der Waals surface area contributed by atoms with Crippen LogP contribution in [0.5, 0.6) is 0 Å². The maximum atomic E-state index is 9.34. The number of benzene rings is 1. The third kappa shape index (κ3) is 2.99. The molecule has 0 saturated heterocycles. The molecular weight excluding hydrogens is 280 g/mol. The normalized spacial score (nSPS) is 11.4. The highest BCUT2D eigenvalue weighted by Crippen LogP contribution is 2.37. The van der Waals surface area contributed by atoms with Gasteiger partial charge < -0.3 is 5.73 Å². The average molecular weight is 294 g/mol. The molecule has 0 amide bonds. The predicted molar refractivity (Wildman–Crippen MR) is 83.5 cm³/mol. The third-order valence-corrected chi connectivity index (χ3v) is 4.37. The number of thioether (sulfide) groups is 1. The van der Waals surface area contributed by atoms with Crippen LogP contribution in [0.1, 0.15) is 34.4 Å². The number of nitrogens with two attached hydrogens (primary N) is 1.